The van der Waals surface area contributed by atoms with Crippen LogP contribution in [0.25, 0.3) is 0 Å². The van der Waals surface area contributed by atoms with Crippen LogP contribution < -0.4 is 10.6 Å². The third kappa shape index (κ3) is 2.84. The highest BCUT2D eigenvalue weighted by atomic mass is 15.1. The molecule has 1 aliphatic carbocycles. The van der Waals surface area contributed by atoms with Crippen molar-refractivity contribution in [3.05, 3.63) is 12.4 Å². The molecule has 1 aromatic heterocycles. The first-order valence-corrected chi connectivity index (χ1v) is 6.04. The molecule has 16 heavy (non-hydrogen) atoms. The number of anilines is 2. The lowest BCUT2D eigenvalue weighted by atomic mass is 9.87. The second-order valence-corrected chi connectivity index (χ2v) is 4.64. The SMILES string of the molecule is CNc1cncc(NC2CCC(C)CC2)n1. The van der Waals surface area contributed by atoms with Gasteiger partial charge in [-0.2, -0.15) is 0 Å². The summed E-state index contributed by atoms with van der Waals surface area (Å²) in [6.45, 7) is 2.33. The average molecular weight is 220 g/mol. The summed E-state index contributed by atoms with van der Waals surface area (Å²) in [5.41, 5.74) is 0. The zero-order valence-corrected chi connectivity index (χ0v) is 10.0. The molecule has 1 aliphatic rings. The van der Waals surface area contributed by atoms with Gasteiger partial charge in [0.25, 0.3) is 0 Å². The van der Waals surface area contributed by atoms with E-state index in [1.54, 1.807) is 12.4 Å². The quantitative estimate of drug-likeness (QED) is 0.821. The van der Waals surface area contributed by atoms with E-state index < -0.39 is 0 Å². The highest BCUT2D eigenvalue weighted by Crippen LogP contribution is 2.25. The molecule has 1 aromatic rings. The van der Waals surface area contributed by atoms with Gasteiger partial charge in [-0.15, -0.1) is 0 Å². The lowest BCUT2D eigenvalue weighted by molar-refractivity contribution is 0.361. The zero-order valence-electron chi connectivity index (χ0n) is 10.0. The van der Waals surface area contributed by atoms with Crippen LogP contribution in [0.1, 0.15) is 32.6 Å². The Hall–Kier alpha value is -1.32. The van der Waals surface area contributed by atoms with E-state index in [9.17, 15) is 0 Å². The summed E-state index contributed by atoms with van der Waals surface area (Å²) >= 11 is 0. The Bertz CT molecular complexity index is 332. The Kier molecular flexibility index (Phi) is 3.59. The second kappa shape index (κ2) is 5.14. The summed E-state index contributed by atoms with van der Waals surface area (Å²) in [5.74, 6) is 2.58. The molecule has 1 heterocycles. The molecule has 2 N–H and O–H groups in total. The van der Waals surface area contributed by atoms with E-state index in [4.69, 9.17) is 0 Å². The lowest BCUT2D eigenvalue weighted by Gasteiger charge is -2.27. The fourth-order valence-electron chi connectivity index (χ4n) is 2.17. The van der Waals surface area contributed by atoms with Gasteiger partial charge in [-0.1, -0.05) is 6.92 Å². The standard InChI is InChI=1S/C12H20N4/c1-9-3-5-10(6-4-9)15-12-8-14-7-11(13-2)16-12/h7-10H,3-6H2,1-2H3,(H2,13,15,16). The van der Waals surface area contributed by atoms with Crippen LogP contribution in [-0.2, 0) is 0 Å². The summed E-state index contributed by atoms with van der Waals surface area (Å²) in [6, 6.07) is 0.567. The van der Waals surface area contributed by atoms with Gasteiger partial charge in [0, 0.05) is 13.1 Å². The third-order valence-corrected chi connectivity index (χ3v) is 3.26. The maximum atomic E-state index is 4.42. The molecule has 0 unspecified atom stereocenters. The van der Waals surface area contributed by atoms with Gasteiger partial charge in [-0.3, -0.25) is 4.98 Å². The molecule has 88 valence electrons. The molecule has 0 spiro atoms. The van der Waals surface area contributed by atoms with Crippen molar-refractivity contribution in [1.82, 2.24) is 9.97 Å². The lowest BCUT2D eigenvalue weighted by Crippen LogP contribution is -2.25. The number of aromatic nitrogens is 2. The number of hydrogen-bond acceptors (Lipinski definition) is 4. The van der Waals surface area contributed by atoms with Crippen molar-refractivity contribution in [2.45, 2.75) is 38.6 Å². The molecule has 0 amide bonds. The molecule has 0 aromatic carbocycles. The van der Waals surface area contributed by atoms with Gasteiger partial charge < -0.3 is 10.6 Å². The summed E-state index contributed by atoms with van der Waals surface area (Å²) in [5, 5.41) is 6.46. The number of hydrogen-bond donors (Lipinski definition) is 2. The van der Waals surface area contributed by atoms with Crippen molar-refractivity contribution in [3.8, 4) is 0 Å². The molecule has 4 heteroatoms. The smallest absolute Gasteiger partial charge is 0.147 e. The second-order valence-electron chi connectivity index (χ2n) is 4.64. The molecule has 0 saturated heterocycles. The van der Waals surface area contributed by atoms with Crippen LogP contribution in [0.15, 0.2) is 12.4 Å². The minimum atomic E-state index is 0.567. The fourth-order valence-corrected chi connectivity index (χ4v) is 2.17. The van der Waals surface area contributed by atoms with Crippen molar-refractivity contribution in [1.29, 1.82) is 0 Å². The monoisotopic (exact) mass is 220 g/mol. The molecular weight excluding hydrogens is 200 g/mol. The van der Waals surface area contributed by atoms with Gasteiger partial charge in [0.2, 0.25) is 0 Å². The predicted molar refractivity (Wildman–Crippen MR) is 66.6 cm³/mol. The van der Waals surface area contributed by atoms with E-state index in [0.717, 1.165) is 17.6 Å². The normalized spacial score (nSPS) is 25.1. The molecule has 0 atom stereocenters. The average Bonchev–Trinajstić information content (AvgIpc) is 2.32. The Labute approximate surface area is 96.9 Å². The first-order chi connectivity index (χ1) is 7.78. The van der Waals surface area contributed by atoms with Crippen LogP contribution in [0.3, 0.4) is 0 Å². The highest BCUT2D eigenvalue weighted by molar-refractivity contribution is 5.41. The number of nitrogens with one attached hydrogen (secondary N) is 2. The van der Waals surface area contributed by atoms with Crippen LogP contribution >= 0.6 is 0 Å². The number of rotatable bonds is 3. The predicted octanol–water partition coefficient (Wildman–Crippen LogP) is 2.51. The van der Waals surface area contributed by atoms with Gasteiger partial charge in [-0.05, 0) is 31.6 Å². The Morgan fingerprint density at radius 2 is 1.81 bits per heavy atom. The van der Waals surface area contributed by atoms with Crippen LogP contribution in [0.4, 0.5) is 11.6 Å². The third-order valence-electron chi connectivity index (χ3n) is 3.26. The highest BCUT2D eigenvalue weighted by Gasteiger charge is 2.18. The molecule has 1 fully saturated rings. The van der Waals surface area contributed by atoms with Crippen LogP contribution in [-0.4, -0.2) is 23.1 Å². The van der Waals surface area contributed by atoms with Crippen molar-refractivity contribution in [3.63, 3.8) is 0 Å². The zero-order chi connectivity index (χ0) is 11.4. The van der Waals surface area contributed by atoms with E-state index in [1.807, 2.05) is 7.05 Å². The molecule has 0 aliphatic heterocycles. The summed E-state index contributed by atoms with van der Waals surface area (Å²) in [4.78, 5) is 8.57. The van der Waals surface area contributed by atoms with E-state index in [-0.39, 0.29) is 0 Å². The van der Waals surface area contributed by atoms with Gasteiger partial charge in [0.15, 0.2) is 0 Å². The molecule has 2 rings (SSSR count). The van der Waals surface area contributed by atoms with Crippen LogP contribution in [0, 0.1) is 5.92 Å². The minimum absolute atomic E-state index is 0.567. The number of nitrogens with zero attached hydrogens (tertiary/aromatic N) is 2. The first kappa shape index (κ1) is 11.2. The van der Waals surface area contributed by atoms with E-state index >= 15 is 0 Å². The Morgan fingerprint density at radius 3 is 2.50 bits per heavy atom. The Morgan fingerprint density at radius 1 is 1.12 bits per heavy atom. The molecule has 1 saturated carbocycles. The van der Waals surface area contributed by atoms with E-state index in [1.165, 1.54) is 25.7 Å². The minimum Gasteiger partial charge on any atom is -0.372 e. The largest absolute Gasteiger partial charge is 0.372 e. The van der Waals surface area contributed by atoms with E-state index in [0.29, 0.717) is 6.04 Å². The summed E-state index contributed by atoms with van der Waals surface area (Å²) < 4.78 is 0. The van der Waals surface area contributed by atoms with Crippen molar-refractivity contribution >= 4 is 11.6 Å². The molecule has 0 radical (unpaired) electrons. The molecule has 4 nitrogen and oxygen atoms in total. The molecular formula is C12H20N4. The first-order valence-electron chi connectivity index (χ1n) is 6.04. The topological polar surface area (TPSA) is 49.8 Å². The van der Waals surface area contributed by atoms with Crippen molar-refractivity contribution < 1.29 is 0 Å². The van der Waals surface area contributed by atoms with Crippen molar-refractivity contribution in [2.24, 2.45) is 5.92 Å². The van der Waals surface area contributed by atoms with Crippen LogP contribution in [0.5, 0.6) is 0 Å². The molecule has 0 bridgehead atoms. The fraction of sp³-hybridized carbons (Fsp3) is 0.667. The van der Waals surface area contributed by atoms with E-state index in [2.05, 4.69) is 27.5 Å². The summed E-state index contributed by atoms with van der Waals surface area (Å²) in [7, 11) is 1.86. The van der Waals surface area contributed by atoms with Gasteiger partial charge in [0.1, 0.15) is 11.6 Å². The van der Waals surface area contributed by atoms with Gasteiger partial charge in [0.05, 0.1) is 12.4 Å². The maximum absolute atomic E-state index is 4.42. The van der Waals surface area contributed by atoms with Crippen molar-refractivity contribution in [2.75, 3.05) is 17.7 Å². The van der Waals surface area contributed by atoms with Gasteiger partial charge in [-0.25, -0.2) is 4.98 Å². The Balaban J connectivity index is 1.93. The van der Waals surface area contributed by atoms with Gasteiger partial charge >= 0.3 is 0 Å². The summed E-state index contributed by atoms with van der Waals surface area (Å²) in [6.07, 6.45) is 8.64. The van der Waals surface area contributed by atoms with Crippen LogP contribution in [0.2, 0.25) is 0 Å². The maximum Gasteiger partial charge on any atom is 0.147 e.